The molecule has 0 aliphatic heterocycles. The largest absolute Gasteiger partial charge is 0.385 e. The Bertz CT molecular complexity index is 503. The fraction of sp³-hybridized carbons (Fsp3) is 0.176. The summed E-state index contributed by atoms with van der Waals surface area (Å²) in [7, 11) is 0. The van der Waals surface area contributed by atoms with Gasteiger partial charge in [0.2, 0.25) is 0 Å². The average Bonchev–Trinajstić information content (AvgIpc) is 2.47. The van der Waals surface area contributed by atoms with Gasteiger partial charge in [0.1, 0.15) is 0 Å². The number of nitrogens with one attached hydrogen (secondary N) is 2. The van der Waals surface area contributed by atoms with Crippen molar-refractivity contribution in [2.24, 2.45) is 0 Å². The van der Waals surface area contributed by atoms with Crippen molar-refractivity contribution in [2.45, 2.75) is 20.0 Å². The summed E-state index contributed by atoms with van der Waals surface area (Å²) in [4.78, 5) is 0. The van der Waals surface area contributed by atoms with Gasteiger partial charge in [-0.3, -0.25) is 0 Å². The van der Waals surface area contributed by atoms with E-state index in [2.05, 4.69) is 66.1 Å². The van der Waals surface area contributed by atoms with Crippen molar-refractivity contribution in [1.82, 2.24) is 10.6 Å². The lowest BCUT2D eigenvalue weighted by Crippen LogP contribution is -2.14. The number of allylic oxidation sites excluding steroid dienone is 1. The van der Waals surface area contributed by atoms with Crippen LogP contribution in [0.2, 0.25) is 0 Å². The molecule has 2 nitrogen and oxygen atoms in total. The van der Waals surface area contributed by atoms with Crippen molar-refractivity contribution in [3.63, 3.8) is 0 Å². The van der Waals surface area contributed by atoms with Crippen LogP contribution in [-0.2, 0) is 13.1 Å². The van der Waals surface area contributed by atoms with Gasteiger partial charge >= 0.3 is 0 Å². The smallest absolute Gasteiger partial charge is 0.0398 e. The summed E-state index contributed by atoms with van der Waals surface area (Å²) in [6.45, 7) is 3.78. The third-order valence-corrected chi connectivity index (χ3v) is 2.88. The molecule has 0 saturated heterocycles. The van der Waals surface area contributed by atoms with Crippen molar-refractivity contribution in [3.8, 4) is 0 Å². The van der Waals surface area contributed by atoms with E-state index in [0.29, 0.717) is 0 Å². The van der Waals surface area contributed by atoms with Gasteiger partial charge in [0.25, 0.3) is 0 Å². The van der Waals surface area contributed by atoms with E-state index in [1.54, 1.807) is 0 Å². The van der Waals surface area contributed by atoms with E-state index >= 15 is 0 Å². The van der Waals surface area contributed by atoms with Gasteiger partial charge in [0, 0.05) is 25.0 Å². The molecule has 0 saturated carbocycles. The Morgan fingerprint density at radius 2 is 1.37 bits per heavy atom. The zero-order chi connectivity index (χ0) is 13.3. The van der Waals surface area contributed by atoms with Crippen LogP contribution in [-0.4, -0.2) is 0 Å². The van der Waals surface area contributed by atoms with Crippen LogP contribution in [0.25, 0.3) is 0 Å². The summed E-state index contributed by atoms with van der Waals surface area (Å²) < 4.78 is 0. The lowest BCUT2D eigenvalue weighted by atomic mass is 10.2. The first-order valence-electron chi connectivity index (χ1n) is 6.56. The lowest BCUT2D eigenvalue weighted by Gasteiger charge is -2.08. The van der Waals surface area contributed by atoms with Crippen molar-refractivity contribution in [3.05, 3.63) is 83.7 Å². The number of rotatable bonds is 6. The van der Waals surface area contributed by atoms with Crippen molar-refractivity contribution in [2.75, 3.05) is 0 Å². The van der Waals surface area contributed by atoms with E-state index < -0.39 is 0 Å². The van der Waals surface area contributed by atoms with E-state index in [9.17, 15) is 0 Å². The van der Waals surface area contributed by atoms with Crippen LogP contribution in [0.15, 0.2) is 72.6 Å². The predicted octanol–water partition coefficient (Wildman–Crippen LogP) is 3.43. The predicted molar refractivity (Wildman–Crippen MR) is 80.3 cm³/mol. The van der Waals surface area contributed by atoms with Gasteiger partial charge in [-0.2, -0.15) is 0 Å². The fourth-order valence-corrected chi connectivity index (χ4v) is 1.81. The van der Waals surface area contributed by atoms with Gasteiger partial charge in [-0.15, -0.1) is 0 Å². The quantitative estimate of drug-likeness (QED) is 0.823. The second kappa shape index (κ2) is 7.27. The van der Waals surface area contributed by atoms with Crippen LogP contribution in [0.1, 0.15) is 18.1 Å². The minimum absolute atomic E-state index is 0.852. The van der Waals surface area contributed by atoms with Crippen LogP contribution in [0.5, 0.6) is 0 Å². The molecule has 0 radical (unpaired) electrons. The Labute approximate surface area is 115 Å². The molecule has 0 spiro atoms. The highest BCUT2D eigenvalue weighted by Crippen LogP contribution is 2.00. The fourth-order valence-electron chi connectivity index (χ4n) is 1.81. The van der Waals surface area contributed by atoms with Crippen molar-refractivity contribution < 1.29 is 0 Å². The molecule has 2 aromatic rings. The van der Waals surface area contributed by atoms with Crippen LogP contribution in [0.4, 0.5) is 0 Å². The lowest BCUT2D eigenvalue weighted by molar-refractivity contribution is 0.777. The van der Waals surface area contributed by atoms with E-state index in [-0.39, 0.29) is 0 Å². The first kappa shape index (κ1) is 13.2. The second-order valence-corrected chi connectivity index (χ2v) is 4.53. The van der Waals surface area contributed by atoms with Crippen LogP contribution < -0.4 is 10.6 Å². The van der Waals surface area contributed by atoms with Crippen molar-refractivity contribution >= 4 is 0 Å². The Morgan fingerprint density at radius 1 is 0.842 bits per heavy atom. The molecule has 2 rings (SSSR count). The highest BCUT2D eigenvalue weighted by molar-refractivity contribution is 5.16. The molecule has 0 amide bonds. The monoisotopic (exact) mass is 252 g/mol. The molecule has 0 heterocycles. The summed E-state index contributed by atoms with van der Waals surface area (Å²) in [5, 5.41) is 6.70. The summed E-state index contributed by atoms with van der Waals surface area (Å²) in [5.41, 5.74) is 3.72. The Balaban J connectivity index is 1.74. The van der Waals surface area contributed by atoms with Gasteiger partial charge in [-0.1, -0.05) is 60.7 Å². The molecule has 0 fully saturated rings. The molecule has 2 aromatic carbocycles. The van der Waals surface area contributed by atoms with Crippen LogP contribution >= 0.6 is 0 Å². The van der Waals surface area contributed by atoms with E-state index in [4.69, 9.17) is 0 Å². The molecular formula is C17H20N2. The van der Waals surface area contributed by atoms with E-state index in [1.807, 2.05) is 18.3 Å². The maximum Gasteiger partial charge on any atom is 0.0398 e. The summed E-state index contributed by atoms with van der Waals surface area (Å²) in [5.74, 6) is 0. The highest BCUT2D eigenvalue weighted by Gasteiger charge is 1.92. The van der Waals surface area contributed by atoms with Gasteiger partial charge in [0.15, 0.2) is 0 Å². The third kappa shape index (κ3) is 4.88. The Kier molecular flexibility index (Phi) is 5.06. The molecule has 2 N–H and O–H groups in total. The topological polar surface area (TPSA) is 24.1 Å². The second-order valence-electron chi connectivity index (χ2n) is 4.53. The maximum atomic E-state index is 3.38. The van der Waals surface area contributed by atoms with Crippen LogP contribution in [0, 0.1) is 0 Å². The Hall–Kier alpha value is -2.22. The average molecular weight is 252 g/mol. The number of hydrogen-bond donors (Lipinski definition) is 2. The van der Waals surface area contributed by atoms with Gasteiger partial charge in [0.05, 0.1) is 0 Å². The summed E-state index contributed by atoms with van der Waals surface area (Å²) in [6, 6.07) is 20.8. The molecule has 0 atom stereocenters. The first-order chi connectivity index (χ1) is 9.34. The Morgan fingerprint density at radius 3 is 1.95 bits per heavy atom. The molecular weight excluding hydrogens is 232 g/mol. The molecule has 19 heavy (non-hydrogen) atoms. The van der Waals surface area contributed by atoms with Crippen molar-refractivity contribution in [1.29, 1.82) is 0 Å². The molecule has 0 aliphatic rings. The molecule has 0 aromatic heterocycles. The molecule has 0 unspecified atom stereocenters. The zero-order valence-electron chi connectivity index (χ0n) is 11.3. The summed E-state index contributed by atoms with van der Waals surface area (Å²) >= 11 is 0. The number of hydrogen-bond acceptors (Lipinski definition) is 2. The molecule has 0 bridgehead atoms. The maximum absolute atomic E-state index is 3.38. The number of benzene rings is 2. The third-order valence-electron chi connectivity index (χ3n) is 2.88. The first-order valence-corrected chi connectivity index (χ1v) is 6.56. The molecule has 0 aliphatic carbocycles. The van der Waals surface area contributed by atoms with Crippen LogP contribution in [0.3, 0.4) is 0 Å². The van der Waals surface area contributed by atoms with E-state index in [0.717, 1.165) is 18.8 Å². The van der Waals surface area contributed by atoms with E-state index in [1.165, 1.54) is 11.1 Å². The SMILES string of the molecule is C/C(=C\NCc1ccccc1)NCc1ccccc1. The molecule has 98 valence electrons. The zero-order valence-corrected chi connectivity index (χ0v) is 11.3. The van der Waals surface area contributed by atoms with Gasteiger partial charge in [-0.25, -0.2) is 0 Å². The minimum Gasteiger partial charge on any atom is -0.385 e. The van der Waals surface area contributed by atoms with Gasteiger partial charge in [-0.05, 0) is 18.1 Å². The van der Waals surface area contributed by atoms with Gasteiger partial charge < -0.3 is 10.6 Å². The standard InChI is InChI=1S/C17H20N2/c1-15(19-14-17-10-6-3-7-11-17)12-18-13-16-8-4-2-5-9-16/h2-12,18-19H,13-14H2,1H3/b15-12+. The normalized spacial score (nSPS) is 11.1. The summed E-state index contributed by atoms with van der Waals surface area (Å²) in [6.07, 6.45) is 2.02. The molecule has 2 heteroatoms. The highest BCUT2D eigenvalue weighted by atomic mass is 14.9. The minimum atomic E-state index is 0.852.